The molecular weight excluding hydrogens is 252 g/mol. The predicted molar refractivity (Wildman–Crippen MR) is 79.6 cm³/mol. The van der Waals surface area contributed by atoms with E-state index in [4.69, 9.17) is 16.2 Å². The molecule has 2 rings (SSSR count). The van der Waals surface area contributed by atoms with E-state index in [1.165, 1.54) is 11.6 Å². The van der Waals surface area contributed by atoms with E-state index < -0.39 is 5.91 Å². The highest BCUT2D eigenvalue weighted by atomic mass is 16.5. The second kappa shape index (κ2) is 6.61. The van der Waals surface area contributed by atoms with E-state index in [2.05, 4.69) is 12.1 Å². The number of ether oxygens (including phenoxy) is 1. The lowest BCUT2D eigenvalue weighted by atomic mass is 10.1. The summed E-state index contributed by atoms with van der Waals surface area (Å²) in [7, 11) is 0. The molecular formula is C16H18N2O2. The van der Waals surface area contributed by atoms with Gasteiger partial charge in [0.1, 0.15) is 5.75 Å². The third-order valence-corrected chi connectivity index (χ3v) is 2.98. The molecule has 0 saturated heterocycles. The molecule has 2 aromatic rings. The van der Waals surface area contributed by atoms with Gasteiger partial charge in [-0.2, -0.15) is 0 Å². The van der Waals surface area contributed by atoms with Gasteiger partial charge in [0.15, 0.2) is 0 Å². The number of amides is 1. The Balaban J connectivity index is 1.90. The van der Waals surface area contributed by atoms with Gasteiger partial charge in [0.05, 0.1) is 12.2 Å². The molecule has 0 radical (unpaired) electrons. The van der Waals surface area contributed by atoms with Crippen molar-refractivity contribution in [2.75, 3.05) is 12.3 Å². The van der Waals surface area contributed by atoms with Crippen LogP contribution >= 0.6 is 0 Å². The van der Waals surface area contributed by atoms with Gasteiger partial charge >= 0.3 is 0 Å². The van der Waals surface area contributed by atoms with Crippen molar-refractivity contribution in [1.82, 2.24) is 0 Å². The van der Waals surface area contributed by atoms with Crippen LogP contribution in [-0.4, -0.2) is 12.5 Å². The van der Waals surface area contributed by atoms with Crippen LogP contribution in [0.15, 0.2) is 48.5 Å². The Kier molecular flexibility index (Phi) is 4.60. The molecule has 4 heteroatoms. The number of primary amides is 1. The summed E-state index contributed by atoms with van der Waals surface area (Å²) in [5, 5.41) is 0. The van der Waals surface area contributed by atoms with Crippen molar-refractivity contribution in [3.05, 3.63) is 59.7 Å². The zero-order valence-electron chi connectivity index (χ0n) is 11.2. The molecule has 0 fully saturated rings. The lowest BCUT2D eigenvalue weighted by Crippen LogP contribution is -2.14. The minimum absolute atomic E-state index is 0.324. The van der Waals surface area contributed by atoms with Gasteiger partial charge in [-0.25, -0.2) is 0 Å². The number of aryl methyl sites for hydroxylation is 1. The van der Waals surface area contributed by atoms with Crippen molar-refractivity contribution in [3.8, 4) is 5.75 Å². The van der Waals surface area contributed by atoms with Crippen LogP contribution in [0, 0.1) is 0 Å². The van der Waals surface area contributed by atoms with Gasteiger partial charge in [0, 0.05) is 5.69 Å². The molecule has 0 aliphatic carbocycles. The third-order valence-electron chi connectivity index (χ3n) is 2.98. The predicted octanol–water partition coefficient (Wildman–Crippen LogP) is 2.38. The molecule has 2 aromatic carbocycles. The Labute approximate surface area is 118 Å². The number of rotatable bonds is 6. The van der Waals surface area contributed by atoms with E-state index in [0.717, 1.165) is 12.8 Å². The summed E-state index contributed by atoms with van der Waals surface area (Å²) in [4.78, 5) is 11.3. The number of anilines is 1. The average Bonchev–Trinajstić information content (AvgIpc) is 2.45. The fourth-order valence-corrected chi connectivity index (χ4v) is 1.97. The number of carbonyl (C=O) groups is 1. The van der Waals surface area contributed by atoms with Crippen LogP contribution in [0.2, 0.25) is 0 Å². The molecule has 0 aliphatic rings. The molecule has 1 amide bonds. The normalized spacial score (nSPS) is 10.2. The second-order valence-electron chi connectivity index (χ2n) is 4.56. The van der Waals surface area contributed by atoms with Crippen LogP contribution in [0.3, 0.4) is 0 Å². The summed E-state index contributed by atoms with van der Waals surface area (Å²) in [5.41, 5.74) is 13.0. The van der Waals surface area contributed by atoms with Crippen molar-refractivity contribution < 1.29 is 9.53 Å². The standard InChI is InChI=1S/C16H18N2O2/c17-13-8-9-15(14(11-13)16(18)19)20-10-4-7-12-5-2-1-3-6-12/h1-3,5-6,8-9,11H,4,7,10,17H2,(H2,18,19). The summed E-state index contributed by atoms with van der Waals surface area (Å²) < 4.78 is 5.62. The van der Waals surface area contributed by atoms with Gasteiger partial charge in [-0.1, -0.05) is 30.3 Å². The first kappa shape index (κ1) is 13.9. The van der Waals surface area contributed by atoms with Crippen molar-refractivity contribution >= 4 is 11.6 Å². The maximum Gasteiger partial charge on any atom is 0.252 e. The molecule has 0 aliphatic heterocycles. The van der Waals surface area contributed by atoms with Crippen molar-refractivity contribution in [3.63, 3.8) is 0 Å². The molecule has 0 heterocycles. The number of hydrogen-bond donors (Lipinski definition) is 2. The Morgan fingerprint density at radius 2 is 1.85 bits per heavy atom. The Morgan fingerprint density at radius 1 is 1.10 bits per heavy atom. The van der Waals surface area contributed by atoms with E-state index in [9.17, 15) is 4.79 Å². The Bertz CT molecular complexity index is 582. The van der Waals surface area contributed by atoms with E-state index in [0.29, 0.717) is 23.6 Å². The SMILES string of the molecule is NC(=O)c1cc(N)ccc1OCCCc1ccccc1. The number of benzene rings is 2. The van der Waals surface area contributed by atoms with Crippen LogP contribution in [0.1, 0.15) is 22.3 Å². The smallest absolute Gasteiger partial charge is 0.252 e. The molecule has 0 aromatic heterocycles. The van der Waals surface area contributed by atoms with Gasteiger partial charge in [-0.15, -0.1) is 0 Å². The van der Waals surface area contributed by atoms with E-state index in [-0.39, 0.29) is 0 Å². The zero-order chi connectivity index (χ0) is 14.4. The van der Waals surface area contributed by atoms with Crippen molar-refractivity contribution in [2.24, 2.45) is 5.73 Å². The van der Waals surface area contributed by atoms with Crippen LogP contribution in [0.5, 0.6) is 5.75 Å². The first-order valence-corrected chi connectivity index (χ1v) is 6.53. The van der Waals surface area contributed by atoms with E-state index >= 15 is 0 Å². The van der Waals surface area contributed by atoms with Crippen LogP contribution in [-0.2, 0) is 6.42 Å². The third kappa shape index (κ3) is 3.75. The molecule has 0 saturated carbocycles. The lowest BCUT2D eigenvalue weighted by Gasteiger charge is -2.10. The van der Waals surface area contributed by atoms with Crippen LogP contribution in [0.4, 0.5) is 5.69 Å². The highest BCUT2D eigenvalue weighted by Crippen LogP contribution is 2.21. The summed E-state index contributed by atoms with van der Waals surface area (Å²) >= 11 is 0. The summed E-state index contributed by atoms with van der Waals surface area (Å²) in [6, 6.07) is 15.1. The summed E-state index contributed by atoms with van der Waals surface area (Å²) in [5.74, 6) is -0.0462. The second-order valence-corrected chi connectivity index (χ2v) is 4.56. The number of hydrogen-bond acceptors (Lipinski definition) is 3. The molecule has 0 spiro atoms. The molecule has 104 valence electrons. The largest absolute Gasteiger partial charge is 0.493 e. The molecule has 0 unspecified atom stereocenters. The van der Waals surface area contributed by atoms with E-state index in [1.54, 1.807) is 12.1 Å². The van der Waals surface area contributed by atoms with Crippen LogP contribution in [0.25, 0.3) is 0 Å². The van der Waals surface area contributed by atoms with E-state index in [1.807, 2.05) is 18.2 Å². The maximum absolute atomic E-state index is 11.3. The number of nitrogens with two attached hydrogens (primary N) is 2. The van der Waals surface area contributed by atoms with Gasteiger partial charge in [-0.05, 0) is 36.6 Å². The van der Waals surface area contributed by atoms with Gasteiger partial charge in [-0.3, -0.25) is 4.79 Å². The maximum atomic E-state index is 11.3. The number of carbonyl (C=O) groups excluding carboxylic acids is 1. The quantitative estimate of drug-likeness (QED) is 0.625. The summed E-state index contributed by atoms with van der Waals surface area (Å²) in [6.07, 6.45) is 1.80. The fraction of sp³-hybridized carbons (Fsp3) is 0.188. The Hall–Kier alpha value is -2.49. The van der Waals surface area contributed by atoms with Crippen molar-refractivity contribution in [2.45, 2.75) is 12.8 Å². The summed E-state index contributed by atoms with van der Waals surface area (Å²) in [6.45, 7) is 0.527. The Morgan fingerprint density at radius 3 is 2.55 bits per heavy atom. The van der Waals surface area contributed by atoms with Gasteiger partial charge < -0.3 is 16.2 Å². The number of nitrogen functional groups attached to an aromatic ring is 1. The first-order chi connectivity index (χ1) is 9.66. The zero-order valence-corrected chi connectivity index (χ0v) is 11.2. The molecule has 0 atom stereocenters. The monoisotopic (exact) mass is 270 g/mol. The minimum atomic E-state index is -0.532. The van der Waals surface area contributed by atoms with Gasteiger partial charge in [0.25, 0.3) is 5.91 Å². The molecule has 20 heavy (non-hydrogen) atoms. The topological polar surface area (TPSA) is 78.3 Å². The fourth-order valence-electron chi connectivity index (χ4n) is 1.97. The first-order valence-electron chi connectivity index (χ1n) is 6.53. The average molecular weight is 270 g/mol. The molecule has 4 N–H and O–H groups in total. The minimum Gasteiger partial charge on any atom is -0.493 e. The van der Waals surface area contributed by atoms with Crippen LogP contribution < -0.4 is 16.2 Å². The molecule has 4 nitrogen and oxygen atoms in total. The highest BCUT2D eigenvalue weighted by Gasteiger charge is 2.09. The highest BCUT2D eigenvalue weighted by molar-refractivity contribution is 5.96. The molecule has 0 bridgehead atoms. The lowest BCUT2D eigenvalue weighted by molar-refractivity contribution is 0.0996. The van der Waals surface area contributed by atoms with Gasteiger partial charge in [0.2, 0.25) is 0 Å². The van der Waals surface area contributed by atoms with Crippen molar-refractivity contribution in [1.29, 1.82) is 0 Å².